The van der Waals surface area contributed by atoms with Gasteiger partial charge in [0.05, 0.1) is 25.3 Å². The summed E-state index contributed by atoms with van der Waals surface area (Å²) < 4.78 is 23.0. The van der Waals surface area contributed by atoms with Crippen LogP contribution in [0.5, 0.6) is 0 Å². The molecule has 8 amide bonds. The molecule has 4 aliphatic rings. The van der Waals surface area contributed by atoms with Crippen LogP contribution in [0.25, 0.3) is 0 Å². The SMILES string of the molecule is C[C@@H](C(=O)N[C@H](C(=O)N1CCC[C@H]1C(=O)N[C@H](COCC#CC#CCOC[C@@H](NC(=O)[C@@H]1CCCN1C(=O)[C@@H](NC(=O)[C@H](C)N(C)C(=O)OC(C)(C)C)C(C)(C)C)C1CCCCC1)C1CCCCC1)C(C)(C)C)N(C)C(=O)OC(C)(C)C. The highest BCUT2D eigenvalue weighted by molar-refractivity contribution is 5.96. The molecule has 2 aliphatic heterocycles. The highest BCUT2D eigenvalue weighted by Crippen LogP contribution is 2.32. The molecule has 20 heteroatoms. The molecule has 2 saturated carbocycles. The molecule has 2 saturated heterocycles. The maximum atomic E-state index is 14.4. The van der Waals surface area contributed by atoms with Gasteiger partial charge in [0.2, 0.25) is 35.4 Å². The van der Waals surface area contributed by atoms with Crippen molar-refractivity contribution < 1.29 is 57.3 Å². The van der Waals surface area contributed by atoms with Gasteiger partial charge in [-0.1, -0.05) is 91.9 Å². The number of nitrogens with zero attached hydrogens (tertiary/aromatic N) is 4. The number of hydrogen-bond donors (Lipinski definition) is 4. The number of rotatable bonds is 20. The fraction of sp³-hybridized carbons (Fsp3) is 0.806. The number of nitrogens with one attached hydrogen (secondary N) is 4. The zero-order valence-corrected chi connectivity index (χ0v) is 52.6. The van der Waals surface area contributed by atoms with E-state index < -0.39 is 82.3 Å². The minimum absolute atomic E-state index is 0.0844. The number of amides is 8. The smallest absolute Gasteiger partial charge is 0.410 e. The van der Waals surface area contributed by atoms with E-state index >= 15 is 0 Å². The molecule has 0 bridgehead atoms. The lowest BCUT2D eigenvalue weighted by molar-refractivity contribution is -0.144. The van der Waals surface area contributed by atoms with Gasteiger partial charge in [-0.25, -0.2) is 9.59 Å². The van der Waals surface area contributed by atoms with Gasteiger partial charge in [0.1, 0.15) is 60.7 Å². The van der Waals surface area contributed by atoms with E-state index in [1.165, 1.54) is 23.9 Å². The van der Waals surface area contributed by atoms with Crippen molar-refractivity contribution in [1.82, 2.24) is 40.9 Å². The lowest BCUT2D eigenvalue weighted by Crippen LogP contribution is -2.60. The summed E-state index contributed by atoms with van der Waals surface area (Å²) in [6.07, 6.45) is 11.1. The Balaban J connectivity index is 1.33. The van der Waals surface area contributed by atoms with Gasteiger partial charge in [0.25, 0.3) is 0 Å². The number of likely N-dealkylation sites (N-methyl/N-ethyl adjacent to an activating group) is 2. The summed E-state index contributed by atoms with van der Waals surface area (Å²) >= 11 is 0. The van der Waals surface area contributed by atoms with Gasteiger partial charge in [-0.3, -0.25) is 38.6 Å². The van der Waals surface area contributed by atoms with Crippen molar-refractivity contribution in [2.24, 2.45) is 22.7 Å². The summed E-state index contributed by atoms with van der Waals surface area (Å²) in [6.45, 7) is 26.1. The molecule has 20 nitrogen and oxygen atoms in total. The number of hydrogen-bond acceptors (Lipinski definition) is 12. The Kier molecular flexibility index (Phi) is 25.9. The third-order valence-electron chi connectivity index (χ3n) is 16.0. The lowest BCUT2D eigenvalue weighted by Gasteiger charge is -2.37. The molecule has 0 aromatic rings. The molecule has 4 N–H and O–H groups in total. The molecule has 2 heterocycles. The van der Waals surface area contributed by atoms with Crippen LogP contribution in [0.3, 0.4) is 0 Å². The standard InChI is InChI=1S/C62H102N8O12/c1-41(67(15)57(77)81-61(9,10)11)51(71)65-49(59(3,4)5)55(75)69-35-27-33-47(69)53(73)63-45(43-29-21-19-22-30-43)39-79-37-25-17-18-26-38-80-40-46(44-31-23-20-24-32-44)64-54(74)48-34-28-36-70(48)56(76)50(60(6,7)8)66-52(72)42(2)68(16)58(78)82-62(12,13)14/h41-50H,19-24,27-40H2,1-16H3,(H,63,73)(H,64,74)(H,65,71)(H,66,72)/t41-,42-,45+,46+,47-,48-,49+,50+/m0/s1. The molecule has 4 rings (SSSR count). The highest BCUT2D eigenvalue weighted by atomic mass is 16.6. The topological polar surface area (TPSA) is 235 Å². The summed E-state index contributed by atoms with van der Waals surface area (Å²) in [7, 11) is 2.96. The fourth-order valence-corrected chi connectivity index (χ4v) is 11.0. The Morgan fingerprint density at radius 2 is 0.817 bits per heavy atom. The molecule has 4 fully saturated rings. The van der Waals surface area contributed by atoms with Crippen LogP contribution in [0, 0.1) is 46.3 Å². The van der Waals surface area contributed by atoms with Gasteiger partial charge >= 0.3 is 12.2 Å². The zero-order valence-electron chi connectivity index (χ0n) is 52.6. The first-order valence-corrected chi connectivity index (χ1v) is 30.1. The summed E-state index contributed by atoms with van der Waals surface area (Å²) in [6, 6.07) is -5.85. The molecule has 8 atom stereocenters. The molecule has 0 aromatic carbocycles. The van der Waals surface area contributed by atoms with Crippen molar-refractivity contribution in [2.45, 2.75) is 246 Å². The minimum Gasteiger partial charge on any atom is -0.444 e. The van der Waals surface area contributed by atoms with Gasteiger partial charge < -0.3 is 50.0 Å². The molecule has 0 unspecified atom stereocenters. The predicted octanol–water partition coefficient (Wildman–Crippen LogP) is 6.71. The molecule has 0 spiro atoms. The number of carbonyl (C=O) groups excluding carboxylic acids is 8. The molecular formula is C62H102N8O12. The molecular weight excluding hydrogens is 1050 g/mol. The number of ether oxygens (including phenoxy) is 4. The van der Waals surface area contributed by atoms with Gasteiger partial charge in [0, 0.05) is 27.2 Å². The summed E-state index contributed by atoms with van der Waals surface area (Å²) in [5, 5.41) is 12.3. The lowest BCUT2D eigenvalue weighted by atomic mass is 9.84. The van der Waals surface area contributed by atoms with E-state index in [0.29, 0.717) is 38.8 Å². The first-order valence-electron chi connectivity index (χ1n) is 30.1. The number of likely N-dealkylation sites (tertiary alicyclic amines) is 2. The highest BCUT2D eigenvalue weighted by Gasteiger charge is 2.46. The van der Waals surface area contributed by atoms with Crippen molar-refractivity contribution in [3.05, 3.63) is 0 Å². The van der Waals surface area contributed by atoms with E-state index in [2.05, 4.69) is 44.9 Å². The average Bonchev–Trinajstić information content (AvgIpc) is 4.21. The van der Waals surface area contributed by atoms with Crippen LogP contribution in [0.4, 0.5) is 9.59 Å². The quantitative estimate of drug-likeness (QED) is 0.0736. The third-order valence-corrected chi connectivity index (χ3v) is 16.0. The van der Waals surface area contributed by atoms with Gasteiger partial charge in [0.15, 0.2) is 0 Å². The van der Waals surface area contributed by atoms with Gasteiger partial charge in [-0.05, 0) is 141 Å². The van der Waals surface area contributed by atoms with Crippen LogP contribution in [0.15, 0.2) is 0 Å². The maximum Gasteiger partial charge on any atom is 0.410 e. The van der Waals surface area contributed by atoms with Crippen LogP contribution in [0.1, 0.15) is 187 Å². The van der Waals surface area contributed by atoms with Crippen LogP contribution >= 0.6 is 0 Å². The Morgan fingerprint density at radius 3 is 1.12 bits per heavy atom. The van der Waals surface area contributed by atoms with Gasteiger partial charge in [-0.15, -0.1) is 0 Å². The van der Waals surface area contributed by atoms with Crippen molar-refractivity contribution in [2.75, 3.05) is 53.6 Å². The minimum atomic E-state index is -0.968. The summed E-state index contributed by atoms with van der Waals surface area (Å²) in [5.41, 5.74) is -2.94. The second kappa shape index (κ2) is 30.8. The van der Waals surface area contributed by atoms with E-state index in [4.69, 9.17) is 18.9 Å². The number of carbonyl (C=O) groups is 8. The fourth-order valence-electron chi connectivity index (χ4n) is 11.0. The first-order chi connectivity index (χ1) is 38.2. The van der Waals surface area contributed by atoms with Crippen molar-refractivity contribution >= 4 is 47.6 Å². The normalized spacial score (nSPS) is 20.4. The third kappa shape index (κ3) is 21.2. The Hall–Kier alpha value is -5.60. The van der Waals surface area contributed by atoms with E-state index in [9.17, 15) is 38.4 Å². The van der Waals surface area contributed by atoms with E-state index in [-0.39, 0.29) is 74.0 Å². The molecule has 82 heavy (non-hydrogen) atoms. The Morgan fingerprint density at radius 1 is 0.488 bits per heavy atom. The van der Waals surface area contributed by atoms with Crippen LogP contribution in [-0.4, -0.2) is 180 Å². The maximum absolute atomic E-state index is 14.4. The summed E-state index contributed by atoms with van der Waals surface area (Å²) in [4.78, 5) is 115. The van der Waals surface area contributed by atoms with Crippen molar-refractivity contribution in [1.29, 1.82) is 0 Å². The molecule has 0 aromatic heterocycles. The second-order valence-corrected chi connectivity index (χ2v) is 27.2. The molecule has 0 radical (unpaired) electrons. The molecule has 2 aliphatic carbocycles. The van der Waals surface area contributed by atoms with Crippen molar-refractivity contribution in [3.63, 3.8) is 0 Å². The van der Waals surface area contributed by atoms with Crippen LogP contribution < -0.4 is 21.3 Å². The first kappa shape index (κ1) is 68.9. The van der Waals surface area contributed by atoms with Crippen LogP contribution in [-0.2, 0) is 47.7 Å². The second-order valence-electron chi connectivity index (χ2n) is 27.2. The van der Waals surface area contributed by atoms with E-state index in [0.717, 1.165) is 64.2 Å². The predicted molar refractivity (Wildman–Crippen MR) is 313 cm³/mol. The largest absolute Gasteiger partial charge is 0.444 e. The van der Waals surface area contributed by atoms with E-state index in [1.54, 1.807) is 65.2 Å². The average molecular weight is 1150 g/mol. The zero-order chi connectivity index (χ0) is 61.3. The van der Waals surface area contributed by atoms with Gasteiger partial charge in [-0.2, -0.15) is 0 Å². The Bertz CT molecular complexity index is 2160. The Labute approximate surface area is 490 Å². The monoisotopic (exact) mass is 1150 g/mol. The van der Waals surface area contributed by atoms with Crippen molar-refractivity contribution in [3.8, 4) is 23.7 Å². The summed E-state index contributed by atoms with van der Waals surface area (Å²) in [5.74, 6) is 9.71. The van der Waals surface area contributed by atoms with E-state index in [1.807, 2.05) is 41.5 Å². The van der Waals surface area contributed by atoms with Crippen LogP contribution in [0.2, 0.25) is 0 Å². The molecule has 462 valence electrons.